The van der Waals surface area contributed by atoms with Gasteiger partial charge in [-0.1, -0.05) is 97.1 Å². The second kappa shape index (κ2) is 5.76. The van der Waals surface area contributed by atoms with Gasteiger partial charge in [0.1, 0.15) is 8.07 Å². The van der Waals surface area contributed by atoms with Crippen LogP contribution in [-0.4, -0.2) is 12.6 Å². The van der Waals surface area contributed by atoms with Crippen LogP contribution < -0.4 is 10.4 Å². The normalized spacial score (nSPS) is 16.3. The number of fused-ring (bicyclic) bond motifs is 9. The van der Waals surface area contributed by atoms with Gasteiger partial charge in [-0.15, -0.1) is 0 Å². The molecule has 1 aromatic heterocycles. The third-order valence-electron chi connectivity index (χ3n) is 8.64. The molecule has 0 fully saturated rings. The van der Waals surface area contributed by atoms with Crippen molar-refractivity contribution in [3.05, 3.63) is 107 Å². The van der Waals surface area contributed by atoms with Gasteiger partial charge in [-0.25, -0.2) is 0 Å². The number of nitrogens with zero attached hydrogens (tertiary/aromatic N) is 1. The predicted octanol–water partition coefficient (Wildman–Crippen LogP) is 6.05. The Bertz CT molecular complexity index is 1640. The van der Waals surface area contributed by atoms with Crippen molar-refractivity contribution in [2.75, 3.05) is 0 Å². The van der Waals surface area contributed by atoms with Gasteiger partial charge in [-0.2, -0.15) is 0 Å². The summed E-state index contributed by atoms with van der Waals surface area (Å²) in [4.78, 5) is 0. The molecule has 0 radical (unpaired) electrons. The van der Waals surface area contributed by atoms with Gasteiger partial charge in [0.2, 0.25) is 0 Å². The van der Waals surface area contributed by atoms with Gasteiger partial charge in [-0.05, 0) is 44.1 Å². The van der Waals surface area contributed by atoms with Crippen molar-refractivity contribution < 1.29 is 0 Å². The van der Waals surface area contributed by atoms with Crippen molar-refractivity contribution >= 4 is 29.4 Å². The lowest BCUT2D eigenvalue weighted by molar-refractivity contribution is 0.882. The molecular formula is C31H25NSi. The van der Waals surface area contributed by atoms with E-state index in [1.54, 1.807) is 15.9 Å². The Morgan fingerprint density at radius 1 is 0.788 bits per heavy atom. The summed E-state index contributed by atoms with van der Waals surface area (Å²) < 4.78 is 2.55. The van der Waals surface area contributed by atoms with E-state index in [-0.39, 0.29) is 0 Å². The monoisotopic (exact) mass is 439 g/mol. The van der Waals surface area contributed by atoms with Crippen LogP contribution in [0.2, 0.25) is 13.1 Å². The summed E-state index contributed by atoms with van der Waals surface area (Å²) in [6, 6.07) is 29.8. The van der Waals surface area contributed by atoms with Crippen LogP contribution in [0.15, 0.2) is 78.9 Å². The van der Waals surface area contributed by atoms with E-state index < -0.39 is 8.07 Å². The van der Waals surface area contributed by atoms with Crippen LogP contribution in [0.1, 0.15) is 33.9 Å². The highest BCUT2D eigenvalue weighted by Gasteiger charge is 2.50. The number of aromatic nitrogens is 1. The fraction of sp³-hybridized carbons (Fsp3) is 0.161. The van der Waals surface area contributed by atoms with E-state index >= 15 is 0 Å². The Morgan fingerprint density at radius 3 is 2.09 bits per heavy atom. The molecule has 0 bridgehead atoms. The van der Waals surface area contributed by atoms with Gasteiger partial charge in [0, 0.05) is 36.0 Å². The van der Waals surface area contributed by atoms with E-state index in [2.05, 4.69) is 104 Å². The molecule has 8 rings (SSSR count). The first-order valence-electron chi connectivity index (χ1n) is 12.0. The number of benzene rings is 4. The summed E-state index contributed by atoms with van der Waals surface area (Å²) in [5.74, 6) is 0.327. The molecule has 0 N–H and O–H groups in total. The predicted molar refractivity (Wildman–Crippen MR) is 141 cm³/mol. The Hall–Kier alpha value is -3.36. The minimum atomic E-state index is -1.51. The van der Waals surface area contributed by atoms with E-state index in [9.17, 15) is 0 Å². The van der Waals surface area contributed by atoms with E-state index in [1.807, 2.05) is 0 Å². The first kappa shape index (κ1) is 18.1. The van der Waals surface area contributed by atoms with Crippen LogP contribution in [0.4, 0.5) is 0 Å². The molecule has 5 aromatic rings. The SMILES string of the molecule is Cn1c2c(c3cc4c(c(C5c6ccccc6-c6ccccc65)c31)[Si]4(C)C)-c1ccccc1C2. The highest BCUT2D eigenvalue weighted by Crippen LogP contribution is 2.52. The molecule has 0 unspecified atom stereocenters. The van der Waals surface area contributed by atoms with Crippen LogP contribution in [0.25, 0.3) is 33.2 Å². The van der Waals surface area contributed by atoms with Gasteiger partial charge in [0.05, 0.1) is 5.52 Å². The topological polar surface area (TPSA) is 4.93 Å². The maximum Gasteiger partial charge on any atom is 0.112 e. The van der Waals surface area contributed by atoms with E-state index in [1.165, 1.54) is 55.5 Å². The van der Waals surface area contributed by atoms with E-state index in [0.717, 1.165) is 6.42 Å². The van der Waals surface area contributed by atoms with Crippen LogP contribution >= 0.6 is 0 Å². The molecule has 4 aromatic carbocycles. The second-order valence-corrected chi connectivity index (χ2v) is 14.8. The van der Waals surface area contributed by atoms with E-state index in [4.69, 9.17) is 0 Å². The first-order valence-corrected chi connectivity index (χ1v) is 15.0. The maximum absolute atomic E-state index is 2.58. The fourth-order valence-electron chi connectivity index (χ4n) is 7.07. The lowest BCUT2D eigenvalue weighted by Crippen LogP contribution is -2.21. The largest absolute Gasteiger partial charge is 0.346 e. The average Bonchev–Trinajstić information content (AvgIpc) is 3.17. The number of hydrogen-bond acceptors (Lipinski definition) is 0. The summed E-state index contributed by atoms with van der Waals surface area (Å²) >= 11 is 0. The molecule has 0 amide bonds. The molecule has 2 heterocycles. The minimum absolute atomic E-state index is 0.327. The molecule has 158 valence electrons. The quantitative estimate of drug-likeness (QED) is 0.275. The molecule has 0 atom stereocenters. The Kier molecular flexibility index (Phi) is 3.16. The molecule has 33 heavy (non-hydrogen) atoms. The van der Waals surface area contributed by atoms with Crippen molar-refractivity contribution in [1.82, 2.24) is 4.57 Å². The van der Waals surface area contributed by atoms with Crippen molar-refractivity contribution in [2.45, 2.75) is 25.4 Å². The molecule has 0 spiro atoms. The summed E-state index contributed by atoms with van der Waals surface area (Å²) in [5, 5.41) is 4.86. The smallest absolute Gasteiger partial charge is 0.112 e. The highest BCUT2D eigenvalue weighted by atomic mass is 28.3. The second-order valence-electron chi connectivity index (χ2n) is 10.6. The zero-order chi connectivity index (χ0) is 22.1. The standard InChI is InChI=1S/C31H25NSi/c1-32-25-16-18-10-4-5-11-19(18)27(25)24-17-26-31(33(26,2)3)29(30(24)32)28-22-14-8-6-12-20(22)21-13-7-9-15-23(21)28/h4-15,17,28H,16H2,1-3H3. The van der Waals surface area contributed by atoms with Crippen LogP contribution in [0, 0.1) is 0 Å². The molecule has 2 heteroatoms. The van der Waals surface area contributed by atoms with Crippen molar-refractivity contribution in [3.8, 4) is 22.3 Å². The fourth-order valence-corrected chi connectivity index (χ4v) is 10.5. The molecule has 0 saturated heterocycles. The van der Waals surface area contributed by atoms with Crippen LogP contribution in [-0.2, 0) is 13.5 Å². The van der Waals surface area contributed by atoms with Gasteiger partial charge in [-0.3, -0.25) is 0 Å². The Labute approximate surface area is 195 Å². The lowest BCUT2D eigenvalue weighted by Gasteiger charge is -2.18. The Balaban J connectivity index is 1.52. The van der Waals surface area contributed by atoms with Gasteiger partial charge in [0.15, 0.2) is 0 Å². The lowest BCUT2D eigenvalue weighted by atomic mass is 9.87. The summed E-state index contributed by atoms with van der Waals surface area (Å²) in [7, 11) is 0.800. The van der Waals surface area contributed by atoms with Gasteiger partial charge >= 0.3 is 0 Å². The van der Waals surface area contributed by atoms with Crippen molar-refractivity contribution in [3.63, 3.8) is 0 Å². The zero-order valence-electron chi connectivity index (χ0n) is 19.2. The highest BCUT2D eigenvalue weighted by molar-refractivity contribution is 7.16. The minimum Gasteiger partial charge on any atom is -0.346 e. The van der Waals surface area contributed by atoms with Gasteiger partial charge in [0.25, 0.3) is 0 Å². The maximum atomic E-state index is 2.58. The molecule has 2 aliphatic carbocycles. The van der Waals surface area contributed by atoms with Crippen molar-refractivity contribution in [1.29, 1.82) is 0 Å². The Morgan fingerprint density at radius 2 is 1.39 bits per heavy atom. The van der Waals surface area contributed by atoms with E-state index in [0.29, 0.717) is 5.92 Å². The summed E-state index contributed by atoms with van der Waals surface area (Å²) in [6.45, 7) is 5.09. The first-order chi connectivity index (χ1) is 16.1. The molecule has 1 aliphatic heterocycles. The molecular weight excluding hydrogens is 414 g/mol. The third kappa shape index (κ3) is 2.05. The average molecular weight is 440 g/mol. The number of aryl methyl sites for hydroxylation is 1. The zero-order valence-corrected chi connectivity index (χ0v) is 20.2. The summed E-state index contributed by atoms with van der Waals surface area (Å²) in [6.07, 6.45) is 1.04. The van der Waals surface area contributed by atoms with Crippen LogP contribution in [0.5, 0.6) is 0 Å². The summed E-state index contributed by atoms with van der Waals surface area (Å²) in [5.41, 5.74) is 14.7. The molecule has 3 aliphatic rings. The molecule has 1 nitrogen and oxygen atoms in total. The number of rotatable bonds is 1. The molecule has 0 saturated carbocycles. The number of hydrogen-bond donors (Lipinski definition) is 0. The van der Waals surface area contributed by atoms with Crippen molar-refractivity contribution in [2.24, 2.45) is 7.05 Å². The third-order valence-corrected chi connectivity index (χ3v) is 11.9. The van der Waals surface area contributed by atoms with Gasteiger partial charge < -0.3 is 4.57 Å². The van der Waals surface area contributed by atoms with Crippen LogP contribution in [0.3, 0.4) is 0 Å².